The zero-order chi connectivity index (χ0) is 21.9. The van der Waals surface area contributed by atoms with Crippen molar-refractivity contribution in [2.24, 2.45) is 5.73 Å². The summed E-state index contributed by atoms with van der Waals surface area (Å²) in [5.74, 6) is 0.0310. The molecule has 8 nitrogen and oxygen atoms in total. The first-order valence-corrected chi connectivity index (χ1v) is 10.7. The number of likely N-dealkylation sites (N-methyl/N-ethyl adjacent to an activating group) is 2. The predicted molar refractivity (Wildman–Crippen MR) is 112 cm³/mol. The first-order chi connectivity index (χ1) is 13.0. The largest absolute Gasteiger partial charge is 0.390 e. The molecule has 0 aliphatic rings. The number of carbonyl (C=O) groups is 3. The van der Waals surface area contributed by atoms with Crippen LogP contribution in [0.4, 0.5) is 0 Å². The molecule has 3 amide bonds. The summed E-state index contributed by atoms with van der Waals surface area (Å²) in [7, 11) is 4.74. The third-order valence-electron chi connectivity index (χ3n) is 4.36. The molecule has 3 N–H and O–H groups in total. The maximum Gasteiger partial charge on any atom is 0.246 e. The van der Waals surface area contributed by atoms with Crippen LogP contribution in [0, 0.1) is 0 Å². The zero-order valence-electron chi connectivity index (χ0n) is 18.1. The third-order valence-corrected chi connectivity index (χ3v) is 5.49. The average Bonchev–Trinajstić information content (AvgIpc) is 2.60. The summed E-state index contributed by atoms with van der Waals surface area (Å²) in [4.78, 5) is 40.1. The fourth-order valence-electron chi connectivity index (χ4n) is 2.70. The SMILES string of the molecule is CCCC(=O)N(C)[C@H](CSCCCOC)C(=O)N(C)[C@@H](CC(C)(C)O)C(N)=O. The van der Waals surface area contributed by atoms with Crippen LogP contribution in [-0.4, -0.2) is 89.6 Å². The van der Waals surface area contributed by atoms with Gasteiger partial charge in [-0.1, -0.05) is 6.92 Å². The molecule has 0 heterocycles. The van der Waals surface area contributed by atoms with Gasteiger partial charge in [0.1, 0.15) is 12.1 Å². The topological polar surface area (TPSA) is 113 Å². The van der Waals surface area contributed by atoms with E-state index >= 15 is 0 Å². The van der Waals surface area contributed by atoms with Crippen molar-refractivity contribution in [3.8, 4) is 0 Å². The highest BCUT2D eigenvalue weighted by Crippen LogP contribution is 2.19. The summed E-state index contributed by atoms with van der Waals surface area (Å²) >= 11 is 1.56. The minimum atomic E-state index is -1.16. The monoisotopic (exact) mass is 419 g/mol. The number of hydrogen-bond acceptors (Lipinski definition) is 6. The van der Waals surface area contributed by atoms with Crippen molar-refractivity contribution in [3.05, 3.63) is 0 Å². The van der Waals surface area contributed by atoms with Crippen LogP contribution in [0.1, 0.15) is 46.5 Å². The van der Waals surface area contributed by atoms with E-state index in [4.69, 9.17) is 10.5 Å². The minimum absolute atomic E-state index is 0.0187. The van der Waals surface area contributed by atoms with Crippen molar-refractivity contribution in [3.63, 3.8) is 0 Å². The van der Waals surface area contributed by atoms with E-state index < -0.39 is 23.6 Å². The van der Waals surface area contributed by atoms with Crippen molar-refractivity contribution >= 4 is 29.5 Å². The molecule has 0 saturated carbocycles. The predicted octanol–water partition coefficient (Wildman–Crippen LogP) is 0.857. The van der Waals surface area contributed by atoms with Crippen LogP contribution in [0.2, 0.25) is 0 Å². The zero-order valence-corrected chi connectivity index (χ0v) is 18.9. The molecule has 2 atom stereocenters. The number of nitrogens with two attached hydrogens (primary N) is 1. The Hall–Kier alpha value is -1.32. The number of nitrogens with zero attached hydrogens (tertiary/aromatic N) is 2. The molecule has 0 fully saturated rings. The van der Waals surface area contributed by atoms with Crippen LogP contribution in [-0.2, 0) is 19.1 Å². The van der Waals surface area contributed by atoms with E-state index in [-0.39, 0.29) is 18.2 Å². The normalized spacial score (nSPS) is 13.7. The van der Waals surface area contributed by atoms with Crippen molar-refractivity contribution < 1.29 is 24.2 Å². The number of amides is 3. The van der Waals surface area contributed by atoms with Crippen LogP contribution >= 0.6 is 11.8 Å². The van der Waals surface area contributed by atoms with Gasteiger partial charge in [-0.2, -0.15) is 11.8 Å². The second-order valence-electron chi connectivity index (χ2n) is 7.58. The van der Waals surface area contributed by atoms with E-state index in [1.807, 2.05) is 6.92 Å². The molecule has 28 heavy (non-hydrogen) atoms. The second-order valence-corrected chi connectivity index (χ2v) is 8.73. The fraction of sp³-hybridized carbons (Fsp3) is 0.842. The van der Waals surface area contributed by atoms with Crippen molar-refractivity contribution in [1.29, 1.82) is 0 Å². The highest BCUT2D eigenvalue weighted by atomic mass is 32.2. The van der Waals surface area contributed by atoms with Gasteiger partial charge in [-0.05, 0) is 32.4 Å². The Labute approximate surface area is 173 Å². The summed E-state index contributed by atoms with van der Waals surface area (Å²) in [6.07, 6.45) is 1.89. The molecule has 0 saturated heterocycles. The van der Waals surface area contributed by atoms with Gasteiger partial charge < -0.3 is 25.4 Å². The van der Waals surface area contributed by atoms with Gasteiger partial charge >= 0.3 is 0 Å². The molecule has 0 bridgehead atoms. The molecule has 0 aliphatic carbocycles. The summed E-state index contributed by atoms with van der Waals surface area (Å²) < 4.78 is 5.03. The highest BCUT2D eigenvalue weighted by molar-refractivity contribution is 7.99. The standard InChI is InChI=1S/C19H37N3O5S/c1-7-9-16(23)21(4)15(13-28-11-8-10-27-6)18(25)22(5)14(17(20)24)12-19(2,3)26/h14-15,26H,7-13H2,1-6H3,(H2,20,24)/t14-,15+/m0/s1. The molecule has 164 valence electrons. The Morgan fingerprint density at radius 1 is 1.18 bits per heavy atom. The lowest BCUT2D eigenvalue weighted by atomic mass is 9.97. The number of thioether (sulfide) groups is 1. The molecule has 0 aromatic heterocycles. The Morgan fingerprint density at radius 2 is 1.79 bits per heavy atom. The molecule has 9 heteroatoms. The van der Waals surface area contributed by atoms with Crippen LogP contribution in [0.5, 0.6) is 0 Å². The number of ether oxygens (including phenoxy) is 1. The van der Waals surface area contributed by atoms with Crippen LogP contribution in [0.15, 0.2) is 0 Å². The fourth-order valence-corrected chi connectivity index (χ4v) is 3.78. The number of rotatable bonds is 14. The molecule has 0 radical (unpaired) electrons. The lowest BCUT2D eigenvalue weighted by Crippen LogP contribution is -2.56. The number of hydrogen-bond donors (Lipinski definition) is 2. The Bertz CT molecular complexity index is 510. The first-order valence-electron chi connectivity index (χ1n) is 9.57. The van der Waals surface area contributed by atoms with E-state index in [1.165, 1.54) is 16.8 Å². The number of primary amides is 1. The van der Waals surface area contributed by atoms with Gasteiger partial charge in [-0.15, -0.1) is 0 Å². The molecule has 0 spiro atoms. The third kappa shape index (κ3) is 9.75. The molecule has 0 rings (SSSR count). The van der Waals surface area contributed by atoms with Gasteiger partial charge in [-0.3, -0.25) is 14.4 Å². The molecule has 0 aromatic carbocycles. The molecule has 0 aliphatic heterocycles. The van der Waals surface area contributed by atoms with Gasteiger partial charge in [0.2, 0.25) is 17.7 Å². The van der Waals surface area contributed by atoms with Crippen molar-refractivity contribution in [2.45, 2.75) is 64.1 Å². The highest BCUT2D eigenvalue weighted by Gasteiger charge is 2.36. The Kier molecular flexibility index (Phi) is 12.4. The summed E-state index contributed by atoms with van der Waals surface area (Å²) in [5, 5.41) is 10.1. The van der Waals surface area contributed by atoms with Gasteiger partial charge in [0.15, 0.2) is 0 Å². The number of carbonyl (C=O) groups excluding carboxylic acids is 3. The maximum absolute atomic E-state index is 13.1. The van der Waals surface area contributed by atoms with E-state index in [2.05, 4.69) is 0 Å². The average molecular weight is 420 g/mol. The number of methoxy groups -OCH3 is 1. The molecular weight excluding hydrogens is 382 g/mol. The summed E-state index contributed by atoms with van der Waals surface area (Å²) in [5.41, 5.74) is 4.31. The van der Waals surface area contributed by atoms with Crippen LogP contribution < -0.4 is 5.73 Å². The summed E-state index contributed by atoms with van der Waals surface area (Å²) in [6.45, 7) is 5.65. The van der Waals surface area contributed by atoms with E-state index in [9.17, 15) is 19.5 Å². The second kappa shape index (κ2) is 13.0. The van der Waals surface area contributed by atoms with Crippen LogP contribution in [0.3, 0.4) is 0 Å². The minimum Gasteiger partial charge on any atom is -0.390 e. The van der Waals surface area contributed by atoms with E-state index in [0.717, 1.165) is 12.2 Å². The molecule has 0 aromatic rings. The smallest absolute Gasteiger partial charge is 0.246 e. The first kappa shape index (κ1) is 26.7. The Balaban J connectivity index is 5.37. The maximum atomic E-state index is 13.1. The van der Waals surface area contributed by atoms with E-state index in [0.29, 0.717) is 25.2 Å². The number of aliphatic hydroxyl groups is 1. The lowest BCUT2D eigenvalue weighted by molar-refractivity contribution is -0.147. The summed E-state index contributed by atoms with van der Waals surface area (Å²) in [6, 6.07) is -1.66. The van der Waals surface area contributed by atoms with Gasteiger partial charge in [0.25, 0.3) is 0 Å². The lowest BCUT2D eigenvalue weighted by Gasteiger charge is -2.35. The van der Waals surface area contributed by atoms with Crippen molar-refractivity contribution in [2.75, 3.05) is 39.3 Å². The van der Waals surface area contributed by atoms with Crippen molar-refractivity contribution in [1.82, 2.24) is 9.80 Å². The quantitative estimate of drug-likeness (QED) is 0.404. The van der Waals surface area contributed by atoms with Gasteiger partial charge in [0.05, 0.1) is 5.60 Å². The molecule has 0 unspecified atom stereocenters. The van der Waals surface area contributed by atoms with E-state index in [1.54, 1.807) is 39.8 Å². The van der Waals surface area contributed by atoms with Gasteiger partial charge in [-0.25, -0.2) is 0 Å². The Morgan fingerprint density at radius 3 is 2.25 bits per heavy atom. The van der Waals surface area contributed by atoms with Crippen LogP contribution in [0.25, 0.3) is 0 Å². The molecular formula is C19H37N3O5S. The van der Waals surface area contributed by atoms with Gasteiger partial charge in [0, 0.05) is 46.4 Å².